The lowest BCUT2D eigenvalue weighted by Gasteiger charge is -2.37. The average molecular weight is 397 g/mol. The number of rotatable bonds is 4. The highest BCUT2D eigenvalue weighted by atomic mass is 35.5. The summed E-state index contributed by atoms with van der Waals surface area (Å²) in [7, 11) is -3.85. The molecule has 10 heteroatoms. The van der Waals surface area contributed by atoms with Crippen LogP contribution in [0, 0.1) is 0 Å². The summed E-state index contributed by atoms with van der Waals surface area (Å²) >= 11 is 5.92. The molecule has 26 heavy (non-hydrogen) atoms. The lowest BCUT2D eigenvalue weighted by molar-refractivity contribution is -0.124. The molecule has 0 aliphatic carbocycles. The van der Waals surface area contributed by atoms with Crippen molar-refractivity contribution in [2.45, 2.75) is 16.8 Å². The molecule has 0 radical (unpaired) electrons. The fourth-order valence-electron chi connectivity index (χ4n) is 3.07. The van der Waals surface area contributed by atoms with Gasteiger partial charge >= 0.3 is 0 Å². The van der Waals surface area contributed by atoms with E-state index < -0.39 is 27.8 Å². The average Bonchev–Trinajstić information content (AvgIpc) is 2.93. The molecule has 2 aromatic rings. The predicted molar refractivity (Wildman–Crippen MR) is 96.6 cm³/mol. The summed E-state index contributed by atoms with van der Waals surface area (Å²) < 4.78 is 22.9. The molecule has 2 unspecified atom stereocenters. The molecule has 1 aliphatic heterocycles. The van der Waals surface area contributed by atoms with Gasteiger partial charge in [0, 0.05) is 16.3 Å². The Bertz CT molecular complexity index is 934. The SMILES string of the molecule is NC(=O)C1(c2ccc(Cl)cc2)NC(O)CN1c1ccc(S(N)(=O)=O)cc1. The Morgan fingerprint density at radius 2 is 1.77 bits per heavy atom. The third kappa shape index (κ3) is 3.15. The number of primary amides is 1. The number of aliphatic hydroxyl groups is 1. The number of carbonyl (C=O) groups is 1. The van der Waals surface area contributed by atoms with Crippen LogP contribution in [0.2, 0.25) is 5.02 Å². The number of hydrogen-bond donors (Lipinski definition) is 4. The standard InChI is InChI=1S/C16H17ClN4O4S/c17-11-3-1-10(2-4-11)16(15(18)23)20-14(22)9-21(16)12-5-7-13(8-6-12)26(19,24)25/h1-8,14,20,22H,9H2,(H2,18,23)(H2,19,24,25). The van der Waals surface area contributed by atoms with Crippen molar-refractivity contribution in [3.63, 3.8) is 0 Å². The normalized spacial score (nSPS) is 23.2. The molecule has 138 valence electrons. The topological polar surface area (TPSA) is 139 Å². The predicted octanol–water partition coefficient (Wildman–Crippen LogP) is 0.0537. The van der Waals surface area contributed by atoms with Crippen molar-refractivity contribution in [2.75, 3.05) is 11.4 Å². The quantitative estimate of drug-likeness (QED) is 0.576. The zero-order chi connectivity index (χ0) is 19.1. The number of amides is 1. The maximum absolute atomic E-state index is 12.4. The number of anilines is 1. The van der Waals surface area contributed by atoms with Crippen LogP contribution in [0.15, 0.2) is 53.4 Å². The van der Waals surface area contributed by atoms with Crippen LogP contribution in [0.25, 0.3) is 0 Å². The second kappa shape index (κ2) is 6.53. The van der Waals surface area contributed by atoms with Crippen molar-refractivity contribution in [3.05, 3.63) is 59.1 Å². The Labute approximate surface area is 155 Å². The number of nitrogens with zero attached hydrogens (tertiary/aromatic N) is 1. The summed E-state index contributed by atoms with van der Waals surface area (Å²) in [6.45, 7) is 0.0558. The van der Waals surface area contributed by atoms with E-state index in [-0.39, 0.29) is 11.4 Å². The molecule has 3 rings (SSSR count). The minimum atomic E-state index is -3.85. The Morgan fingerprint density at radius 3 is 2.27 bits per heavy atom. The molecular formula is C16H17ClN4O4S. The van der Waals surface area contributed by atoms with E-state index in [1.165, 1.54) is 24.3 Å². The van der Waals surface area contributed by atoms with Gasteiger partial charge in [0.1, 0.15) is 6.23 Å². The van der Waals surface area contributed by atoms with Gasteiger partial charge in [0.15, 0.2) is 0 Å². The summed E-state index contributed by atoms with van der Waals surface area (Å²) in [5, 5.41) is 18.6. The number of primary sulfonamides is 1. The van der Waals surface area contributed by atoms with Gasteiger partial charge in [-0.15, -0.1) is 0 Å². The molecule has 1 heterocycles. The molecule has 0 bridgehead atoms. The number of hydrogen-bond acceptors (Lipinski definition) is 6. The summed E-state index contributed by atoms with van der Waals surface area (Å²) in [5.41, 5.74) is 5.14. The van der Waals surface area contributed by atoms with Gasteiger partial charge in [-0.3, -0.25) is 10.1 Å². The maximum Gasteiger partial charge on any atom is 0.263 e. The molecule has 1 aliphatic rings. The molecule has 1 fully saturated rings. The van der Waals surface area contributed by atoms with Crippen LogP contribution in [-0.2, 0) is 20.5 Å². The van der Waals surface area contributed by atoms with Gasteiger partial charge in [-0.2, -0.15) is 0 Å². The van der Waals surface area contributed by atoms with Crippen molar-refractivity contribution in [1.82, 2.24) is 5.32 Å². The van der Waals surface area contributed by atoms with Crippen molar-refractivity contribution in [3.8, 4) is 0 Å². The van der Waals surface area contributed by atoms with E-state index in [1.807, 2.05) is 0 Å². The smallest absolute Gasteiger partial charge is 0.263 e. The zero-order valence-electron chi connectivity index (χ0n) is 13.5. The molecule has 0 saturated carbocycles. The number of benzene rings is 2. The van der Waals surface area contributed by atoms with Crippen LogP contribution in [0.3, 0.4) is 0 Å². The Morgan fingerprint density at radius 1 is 1.19 bits per heavy atom. The first-order chi connectivity index (χ1) is 12.1. The van der Waals surface area contributed by atoms with Crippen molar-refractivity contribution in [2.24, 2.45) is 10.9 Å². The van der Waals surface area contributed by atoms with E-state index >= 15 is 0 Å². The first kappa shape index (κ1) is 18.6. The highest BCUT2D eigenvalue weighted by Gasteiger charge is 2.51. The van der Waals surface area contributed by atoms with Crippen LogP contribution in [-0.4, -0.2) is 32.2 Å². The third-order valence-corrected chi connectivity index (χ3v) is 5.41. The lowest BCUT2D eigenvalue weighted by atomic mass is 9.97. The number of aliphatic hydroxyl groups excluding tert-OH is 1. The number of nitrogens with two attached hydrogens (primary N) is 2. The number of halogens is 1. The zero-order valence-corrected chi connectivity index (χ0v) is 15.0. The van der Waals surface area contributed by atoms with Crippen LogP contribution in [0.4, 0.5) is 5.69 Å². The van der Waals surface area contributed by atoms with E-state index in [0.717, 1.165) is 0 Å². The van der Waals surface area contributed by atoms with E-state index in [4.69, 9.17) is 22.5 Å². The fourth-order valence-corrected chi connectivity index (χ4v) is 3.71. The van der Waals surface area contributed by atoms with Crippen molar-refractivity contribution in [1.29, 1.82) is 0 Å². The first-order valence-corrected chi connectivity index (χ1v) is 9.49. The highest BCUT2D eigenvalue weighted by molar-refractivity contribution is 7.89. The summed E-state index contributed by atoms with van der Waals surface area (Å²) in [4.78, 5) is 13.9. The number of sulfonamides is 1. The molecule has 1 amide bonds. The minimum absolute atomic E-state index is 0.0558. The van der Waals surface area contributed by atoms with Crippen LogP contribution < -0.4 is 21.1 Å². The third-order valence-electron chi connectivity index (χ3n) is 4.23. The second-order valence-corrected chi connectivity index (χ2v) is 7.89. The van der Waals surface area contributed by atoms with Gasteiger partial charge in [-0.1, -0.05) is 23.7 Å². The molecule has 2 atom stereocenters. The lowest BCUT2D eigenvalue weighted by Crippen LogP contribution is -2.58. The molecule has 0 spiro atoms. The largest absolute Gasteiger partial charge is 0.377 e. The van der Waals surface area contributed by atoms with Gasteiger partial charge in [-0.25, -0.2) is 13.6 Å². The fraction of sp³-hybridized carbons (Fsp3) is 0.188. The number of β-amino-alcohol motifs (C(OH)–C–C–N with tert-alkyl or cyclic N) is 1. The Kier molecular flexibility index (Phi) is 4.67. The van der Waals surface area contributed by atoms with Crippen molar-refractivity contribution < 1.29 is 18.3 Å². The summed E-state index contributed by atoms with van der Waals surface area (Å²) in [5.74, 6) is -0.730. The monoisotopic (exact) mass is 396 g/mol. The minimum Gasteiger partial charge on any atom is -0.377 e. The molecule has 2 aromatic carbocycles. The van der Waals surface area contributed by atoms with Gasteiger partial charge in [-0.05, 0) is 36.4 Å². The Hall–Kier alpha value is -2.17. The van der Waals surface area contributed by atoms with Crippen molar-refractivity contribution >= 4 is 33.2 Å². The molecular weight excluding hydrogens is 380 g/mol. The van der Waals surface area contributed by atoms with Gasteiger partial charge in [0.2, 0.25) is 15.7 Å². The van der Waals surface area contributed by atoms with E-state index in [0.29, 0.717) is 16.3 Å². The highest BCUT2D eigenvalue weighted by Crippen LogP contribution is 2.36. The van der Waals surface area contributed by atoms with Crippen LogP contribution in [0.1, 0.15) is 5.56 Å². The van der Waals surface area contributed by atoms with E-state index in [9.17, 15) is 18.3 Å². The second-order valence-electron chi connectivity index (χ2n) is 5.89. The molecule has 8 nitrogen and oxygen atoms in total. The number of carbonyl (C=O) groups excluding carboxylic acids is 1. The molecule has 6 N–H and O–H groups in total. The Balaban J connectivity index is 2.11. The van der Waals surface area contributed by atoms with Gasteiger partial charge < -0.3 is 15.7 Å². The van der Waals surface area contributed by atoms with Crippen LogP contribution >= 0.6 is 11.6 Å². The summed E-state index contributed by atoms with van der Waals surface area (Å²) in [6, 6.07) is 12.1. The van der Waals surface area contributed by atoms with E-state index in [1.54, 1.807) is 29.2 Å². The van der Waals surface area contributed by atoms with Gasteiger partial charge in [0.25, 0.3) is 5.91 Å². The summed E-state index contributed by atoms with van der Waals surface area (Å²) in [6.07, 6.45) is -1.03. The molecule has 0 aromatic heterocycles. The maximum atomic E-state index is 12.4. The first-order valence-electron chi connectivity index (χ1n) is 7.57. The van der Waals surface area contributed by atoms with E-state index in [2.05, 4.69) is 5.32 Å². The van der Waals surface area contributed by atoms with Gasteiger partial charge in [0.05, 0.1) is 11.4 Å². The number of nitrogens with one attached hydrogen (secondary N) is 1. The van der Waals surface area contributed by atoms with Crippen LogP contribution in [0.5, 0.6) is 0 Å². The molecule has 1 saturated heterocycles.